The van der Waals surface area contributed by atoms with Gasteiger partial charge in [0.1, 0.15) is 0 Å². The molecule has 0 bridgehead atoms. The van der Waals surface area contributed by atoms with Crippen molar-refractivity contribution in [1.82, 2.24) is 5.32 Å². The van der Waals surface area contributed by atoms with Gasteiger partial charge in [-0.25, -0.2) is 0 Å². The minimum Gasteiger partial charge on any atom is -0.493 e. The van der Waals surface area contributed by atoms with E-state index in [1.165, 1.54) is 5.56 Å². The minimum atomic E-state index is 0.441. The van der Waals surface area contributed by atoms with Crippen molar-refractivity contribution in [1.29, 1.82) is 0 Å². The van der Waals surface area contributed by atoms with E-state index in [2.05, 4.69) is 48.6 Å². The number of benzene rings is 2. The lowest BCUT2D eigenvalue weighted by Gasteiger charge is -2.17. The highest BCUT2D eigenvalue weighted by molar-refractivity contribution is 5.46. The van der Waals surface area contributed by atoms with Gasteiger partial charge in [0.25, 0.3) is 0 Å². The first-order chi connectivity index (χ1) is 11.2. The van der Waals surface area contributed by atoms with Gasteiger partial charge in [0.15, 0.2) is 11.5 Å². The van der Waals surface area contributed by atoms with Crippen LogP contribution in [-0.4, -0.2) is 19.8 Å². The van der Waals surface area contributed by atoms with E-state index in [4.69, 9.17) is 9.47 Å². The zero-order chi connectivity index (χ0) is 16.5. The summed E-state index contributed by atoms with van der Waals surface area (Å²) in [4.78, 5) is 0. The summed E-state index contributed by atoms with van der Waals surface area (Å²) in [5, 5.41) is 3.58. The Labute approximate surface area is 139 Å². The third-order valence-electron chi connectivity index (χ3n) is 3.92. The molecule has 0 saturated heterocycles. The molecule has 2 rings (SSSR count). The summed E-state index contributed by atoms with van der Waals surface area (Å²) in [6.45, 7) is 5.63. The highest BCUT2D eigenvalue weighted by atomic mass is 16.5. The highest BCUT2D eigenvalue weighted by Gasteiger charge is 2.11. The maximum atomic E-state index is 5.76. The molecule has 3 heteroatoms. The fourth-order valence-electron chi connectivity index (χ4n) is 2.58. The van der Waals surface area contributed by atoms with Gasteiger partial charge in [0.2, 0.25) is 0 Å². The number of hydrogen-bond acceptors (Lipinski definition) is 3. The molecule has 1 N–H and O–H groups in total. The molecular weight excluding hydrogens is 286 g/mol. The first-order valence-electron chi connectivity index (χ1n) is 8.30. The van der Waals surface area contributed by atoms with Crippen molar-refractivity contribution in [3.05, 3.63) is 59.7 Å². The van der Waals surface area contributed by atoms with Gasteiger partial charge in [-0.3, -0.25) is 0 Å². The van der Waals surface area contributed by atoms with Gasteiger partial charge < -0.3 is 14.8 Å². The summed E-state index contributed by atoms with van der Waals surface area (Å²) < 4.78 is 11.2. The molecule has 0 aromatic heterocycles. The van der Waals surface area contributed by atoms with Crippen LogP contribution in [0.25, 0.3) is 0 Å². The Hall–Kier alpha value is -2.00. The summed E-state index contributed by atoms with van der Waals surface area (Å²) >= 11 is 0. The summed E-state index contributed by atoms with van der Waals surface area (Å²) in [6, 6.07) is 17.1. The molecule has 124 valence electrons. The van der Waals surface area contributed by atoms with E-state index in [-0.39, 0.29) is 0 Å². The van der Waals surface area contributed by atoms with Gasteiger partial charge in [-0.05, 0) is 38.3 Å². The molecule has 3 nitrogen and oxygen atoms in total. The van der Waals surface area contributed by atoms with E-state index in [0.29, 0.717) is 12.6 Å². The molecule has 0 radical (unpaired) electrons. The quantitative estimate of drug-likeness (QED) is 0.752. The van der Waals surface area contributed by atoms with Gasteiger partial charge in [0, 0.05) is 18.2 Å². The Bertz CT molecular complexity index is 583. The van der Waals surface area contributed by atoms with E-state index in [1.54, 1.807) is 7.11 Å². The Balaban J connectivity index is 1.89. The second-order valence-electron chi connectivity index (χ2n) is 5.69. The fourth-order valence-corrected chi connectivity index (χ4v) is 2.58. The molecule has 0 aliphatic carbocycles. The van der Waals surface area contributed by atoms with Crippen molar-refractivity contribution >= 4 is 0 Å². The van der Waals surface area contributed by atoms with Crippen molar-refractivity contribution < 1.29 is 9.47 Å². The maximum absolute atomic E-state index is 5.76. The normalized spacial score (nSPS) is 12.0. The Kier molecular flexibility index (Phi) is 6.95. The fraction of sp³-hybridized carbons (Fsp3) is 0.400. The van der Waals surface area contributed by atoms with E-state index in [0.717, 1.165) is 36.4 Å². The molecule has 0 spiro atoms. The van der Waals surface area contributed by atoms with Crippen molar-refractivity contribution in [2.24, 2.45) is 0 Å². The number of nitrogens with one attached hydrogen (secondary N) is 1. The summed E-state index contributed by atoms with van der Waals surface area (Å²) in [5.74, 6) is 1.64. The van der Waals surface area contributed by atoms with Gasteiger partial charge >= 0.3 is 0 Å². The lowest BCUT2D eigenvalue weighted by Crippen LogP contribution is -2.26. The molecule has 0 aliphatic heterocycles. The predicted molar refractivity (Wildman–Crippen MR) is 95.2 cm³/mol. The number of ether oxygens (including phenoxy) is 2. The molecule has 0 saturated carbocycles. The average molecular weight is 313 g/mol. The smallest absolute Gasteiger partial charge is 0.165 e. The molecule has 23 heavy (non-hydrogen) atoms. The first kappa shape index (κ1) is 17.4. The van der Waals surface area contributed by atoms with E-state index >= 15 is 0 Å². The summed E-state index contributed by atoms with van der Waals surface area (Å²) in [6.07, 6.45) is 2.20. The Morgan fingerprint density at radius 2 is 1.83 bits per heavy atom. The van der Waals surface area contributed by atoms with Crippen LogP contribution in [0.15, 0.2) is 48.5 Å². The van der Waals surface area contributed by atoms with Crippen molar-refractivity contribution in [3.8, 4) is 11.5 Å². The SMILES string of the molecule is CCOc1c(CN[C@H](C)CCc2ccccc2)cccc1OC. The van der Waals surface area contributed by atoms with Crippen LogP contribution in [0.3, 0.4) is 0 Å². The van der Waals surface area contributed by atoms with E-state index in [1.807, 2.05) is 19.1 Å². The van der Waals surface area contributed by atoms with Crippen LogP contribution in [0, 0.1) is 0 Å². The minimum absolute atomic E-state index is 0.441. The number of para-hydroxylation sites is 1. The molecule has 0 aliphatic rings. The first-order valence-corrected chi connectivity index (χ1v) is 8.30. The Morgan fingerprint density at radius 1 is 1.04 bits per heavy atom. The second kappa shape index (κ2) is 9.21. The van der Waals surface area contributed by atoms with Crippen LogP contribution >= 0.6 is 0 Å². The largest absolute Gasteiger partial charge is 0.493 e. The Morgan fingerprint density at radius 3 is 2.52 bits per heavy atom. The second-order valence-corrected chi connectivity index (χ2v) is 5.69. The van der Waals surface area contributed by atoms with E-state index in [9.17, 15) is 0 Å². The molecule has 0 unspecified atom stereocenters. The zero-order valence-electron chi connectivity index (χ0n) is 14.3. The van der Waals surface area contributed by atoms with Gasteiger partial charge in [-0.15, -0.1) is 0 Å². The zero-order valence-corrected chi connectivity index (χ0v) is 14.3. The third kappa shape index (κ3) is 5.29. The molecule has 1 atom stereocenters. The van der Waals surface area contributed by atoms with Crippen molar-refractivity contribution in [2.45, 2.75) is 39.3 Å². The average Bonchev–Trinajstić information content (AvgIpc) is 2.60. The van der Waals surface area contributed by atoms with Crippen LogP contribution in [0.2, 0.25) is 0 Å². The van der Waals surface area contributed by atoms with Crippen molar-refractivity contribution in [3.63, 3.8) is 0 Å². The van der Waals surface area contributed by atoms with Crippen LogP contribution in [0.5, 0.6) is 11.5 Å². The van der Waals surface area contributed by atoms with Gasteiger partial charge in [-0.2, -0.15) is 0 Å². The van der Waals surface area contributed by atoms with E-state index < -0.39 is 0 Å². The van der Waals surface area contributed by atoms with Crippen LogP contribution in [0.4, 0.5) is 0 Å². The topological polar surface area (TPSA) is 30.5 Å². The lowest BCUT2D eigenvalue weighted by molar-refractivity contribution is 0.306. The monoisotopic (exact) mass is 313 g/mol. The summed E-state index contributed by atoms with van der Waals surface area (Å²) in [5.41, 5.74) is 2.52. The third-order valence-corrected chi connectivity index (χ3v) is 3.92. The molecule has 0 heterocycles. The number of hydrogen-bond donors (Lipinski definition) is 1. The lowest BCUT2D eigenvalue weighted by atomic mass is 10.1. The van der Waals surface area contributed by atoms with Crippen LogP contribution < -0.4 is 14.8 Å². The molecule has 0 amide bonds. The summed E-state index contributed by atoms with van der Waals surface area (Å²) in [7, 11) is 1.68. The van der Waals surface area contributed by atoms with Crippen molar-refractivity contribution in [2.75, 3.05) is 13.7 Å². The van der Waals surface area contributed by atoms with Crippen LogP contribution in [-0.2, 0) is 13.0 Å². The molecule has 2 aromatic carbocycles. The number of methoxy groups -OCH3 is 1. The predicted octanol–water partition coefficient (Wildman–Crippen LogP) is 4.20. The molecule has 0 fully saturated rings. The maximum Gasteiger partial charge on any atom is 0.165 e. The molecular formula is C20H27NO2. The number of rotatable bonds is 9. The number of aryl methyl sites for hydroxylation is 1. The molecule has 2 aromatic rings. The van der Waals surface area contributed by atoms with Gasteiger partial charge in [-0.1, -0.05) is 42.5 Å². The van der Waals surface area contributed by atoms with Gasteiger partial charge in [0.05, 0.1) is 13.7 Å². The van der Waals surface area contributed by atoms with Crippen LogP contribution in [0.1, 0.15) is 31.4 Å². The standard InChI is InChI=1S/C20H27NO2/c1-4-23-20-18(11-8-12-19(20)22-3)15-21-16(2)13-14-17-9-6-5-7-10-17/h5-12,16,21H,4,13-15H2,1-3H3/t16-/m1/s1. The highest BCUT2D eigenvalue weighted by Crippen LogP contribution is 2.31.